The van der Waals surface area contributed by atoms with E-state index in [9.17, 15) is 4.79 Å². The third-order valence-electron chi connectivity index (χ3n) is 3.68. The topological polar surface area (TPSA) is 46.6 Å². The summed E-state index contributed by atoms with van der Waals surface area (Å²) in [7, 11) is 1.71. The van der Waals surface area contributed by atoms with Crippen LogP contribution in [0.5, 0.6) is 0 Å². The second kappa shape index (κ2) is 5.02. The van der Waals surface area contributed by atoms with E-state index >= 15 is 0 Å². The average Bonchev–Trinajstić information content (AvgIpc) is 2.80. The second-order valence-corrected chi connectivity index (χ2v) is 5.76. The Labute approximate surface area is 122 Å². The van der Waals surface area contributed by atoms with Crippen molar-refractivity contribution in [3.8, 4) is 0 Å². The molecule has 0 spiro atoms. The highest BCUT2D eigenvalue weighted by Crippen LogP contribution is 2.47. The van der Waals surface area contributed by atoms with E-state index in [0.717, 1.165) is 11.5 Å². The van der Waals surface area contributed by atoms with Crippen LogP contribution < -0.4 is 0 Å². The maximum atomic E-state index is 12.1. The number of hydrogen-bond acceptors (Lipinski definition) is 3. The molecule has 3 rings (SSSR count). The van der Waals surface area contributed by atoms with Crippen molar-refractivity contribution in [2.45, 2.75) is 25.8 Å². The molecule has 2 heterocycles. The molecule has 0 radical (unpaired) electrons. The van der Waals surface area contributed by atoms with Crippen LogP contribution in [0.4, 0.5) is 0 Å². The molecule has 0 bridgehead atoms. The number of nitrogens with zero attached hydrogens (tertiary/aromatic N) is 1. The third kappa shape index (κ3) is 2.61. The van der Waals surface area contributed by atoms with Crippen molar-refractivity contribution in [1.29, 1.82) is 0 Å². The van der Waals surface area contributed by atoms with Gasteiger partial charge < -0.3 is 13.7 Å². The van der Waals surface area contributed by atoms with Gasteiger partial charge in [-0.15, -0.1) is 0 Å². The fourth-order valence-electron chi connectivity index (χ4n) is 2.32. The molecule has 0 aliphatic heterocycles. The van der Waals surface area contributed by atoms with Gasteiger partial charge in [-0.3, -0.25) is 4.79 Å². The Morgan fingerprint density at radius 2 is 2.10 bits per heavy atom. The van der Waals surface area contributed by atoms with E-state index in [1.807, 2.05) is 12.1 Å². The Kier molecular flexibility index (Phi) is 3.34. The minimum absolute atomic E-state index is 0.213. The summed E-state index contributed by atoms with van der Waals surface area (Å²) in [6.45, 7) is 2.63. The number of rotatable bonds is 4. The van der Waals surface area contributed by atoms with Crippen molar-refractivity contribution in [2.75, 3.05) is 7.05 Å². The zero-order valence-electron chi connectivity index (χ0n) is 11.4. The average molecular weight is 294 g/mol. The highest BCUT2D eigenvalue weighted by molar-refractivity contribution is 6.29. The molecule has 106 valence electrons. The Morgan fingerprint density at radius 3 is 2.70 bits per heavy atom. The SMILES string of the molecule is CC1CC1c1ccc(CN(C)C(=O)c2ccc(Cl)o2)o1. The fourth-order valence-corrected chi connectivity index (χ4v) is 2.47. The summed E-state index contributed by atoms with van der Waals surface area (Å²) in [6, 6.07) is 7.06. The minimum atomic E-state index is -0.213. The summed E-state index contributed by atoms with van der Waals surface area (Å²) in [6.07, 6.45) is 1.19. The molecule has 1 saturated carbocycles. The molecule has 1 aliphatic rings. The number of carbonyl (C=O) groups is 1. The molecule has 1 amide bonds. The number of amides is 1. The zero-order chi connectivity index (χ0) is 14.3. The minimum Gasteiger partial charge on any atom is -0.464 e. The number of furan rings is 2. The van der Waals surface area contributed by atoms with Gasteiger partial charge in [-0.05, 0) is 48.2 Å². The van der Waals surface area contributed by atoms with Crippen molar-refractivity contribution >= 4 is 17.5 Å². The number of halogens is 1. The van der Waals surface area contributed by atoms with Crippen LogP contribution in [0, 0.1) is 5.92 Å². The highest BCUT2D eigenvalue weighted by atomic mass is 35.5. The molecule has 2 atom stereocenters. The smallest absolute Gasteiger partial charge is 0.289 e. The Bertz CT molecular complexity index is 631. The van der Waals surface area contributed by atoms with Gasteiger partial charge in [-0.25, -0.2) is 0 Å². The van der Waals surface area contributed by atoms with Gasteiger partial charge in [0.05, 0.1) is 6.54 Å². The first kappa shape index (κ1) is 13.3. The van der Waals surface area contributed by atoms with Gasteiger partial charge in [-0.2, -0.15) is 0 Å². The van der Waals surface area contributed by atoms with Crippen LogP contribution in [-0.4, -0.2) is 17.9 Å². The summed E-state index contributed by atoms with van der Waals surface area (Å²) in [5, 5.41) is 0.213. The standard InChI is InChI=1S/C15H16ClNO3/c1-9-7-11(9)12-4-3-10(19-12)8-17(2)15(18)13-5-6-14(16)20-13/h3-6,9,11H,7-8H2,1-2H3. The van der Waals surface area contributed by atoms with Gasteiger partial charge in [-0.1, -0.05) is 6.92 Å². The first-order chi connectivity index (χ1) is 9.54. The molecule has 4 nitrogen and oxygen atoms in total. The Hall–Kier alpha value is -1.68. The van der Waals surface area contributed by atoms with E-state index in [1.54, 1.807) is 24.1 Å². The molecule has 1 fully saturated rings. The number of hydrogen-bond donors (Lipinski definition) is 0. The van der Waals surface area contributed by atoms with Crippen molar-refractivity contribution < 1.29 is 13.6 Å². The van der Waals surface area contributed by atoms with Crippen molar-refractivity contribution in [1.82, 2.24) is 4.90 Å². The van der Waals surface area contributed by atoms with Gasteiger partial charge >= 0.3 is 0 Å². The monoisotopic (exact) mass is 293 g/mol. The first-order valence-electron chi connectivity index (χ1n) is 6.64. The molecule has 0 saturated heterocycles. The molecule has 0 N–H and O–H groups in total. The van der Waals surface area contributed by atoms with E-state index < -0.39 is 0 Å². The van der Waals surface area contributed by atoms with Crippen LogP contribution in [0.1, 0.15) is 41.3 Å². The zero-order valence-corrected chi connectivity index (χ0v) is 12.2. The van der Waals surface area contributed by atoms with E-state index in [0.29, 0.717) is 18.4 Å². The maximum absolute atomic E-state index is 12.1. The quantitative estimate of drug-likeness (QED) is 0.858. The summed E-state index contributed by atoms with van der Waals surface area (Å²) in [5.41, 5.74) is 0. The predicted molar refractivity (Wildman–Crippen MR) is 74.7 cm³/mol. The van der Waals surface area contributed by atoms with Crippen molar-refractivity contribution in [3.05, 3.63) is 46.8 Å². The summed E-state index contributed by atoms with van der Waals surface area (Å²) >= 11 is 5.67. The lowest BCUT2D eigenvalue weighted by Crippen LogP contribution is -2.25. The van der Waals surface area contributed by atoms with Crippen LogP contribution in [0.2, 0.25) is 5.22 Å². The molecule has 2 unspecified atom stereocenters. The van der Waals surface area contributed by atoms with Gasteiger partial charge in [0.15, 0.2) is 11.0 Å². The molecule has 2 aromatic heterocycles. The van der Waals surface area contributed by atoms with Crippen molar-refractivity contribution in [2.24, 2.45) is 5.92 Å². The van der Waals surface area contributed by atoms with Gasteiger partial charge in [0.2, 0.25) is 0 Å². The molecule has 20 heavy (non-hydrogen) atoms. The third-order valence-corrected chi connectivity index (χ3v) is 3.88. The van der Waals surface area contributed by atoms with Gasteiger partial charge in [0.1, 0.15) is 11.5 Å². The number of carbonyl (C=O) groups excluding carboxylic acids is 1. The lowest BCUT2D eigenvalue weighted by molar-refractivity contribution is 0.0743. The van der Waals surface area contributed by atoms with E-state index in [4.69, 9.17) is 20.4 Å². The normalized spacial score (nSPS) is 20.9. The molecule has 0 aromatic carbocycles. The predicted octanol–water partition coefficient (Wildman–Crippen LogP) is 3.92. The Morgan fingerprint density at radius 1 is 1.35 bits per heavy atom. The largest absolute Gasteiger partial charge is 0.464 e. The van der Waals surface area contributed by atoms with Crippen LogP contribution >= 0.6 is 11.6 Å². The second-order valence-electron chi connectivity index (χ2n) is 5.39. The summed E-state index contributed by atoms with van der Waals surface area (Å²) in [4.78, 5) is 13.6. The molecule has 5 heteroatoms. The summed E-state index contributed by atoms with van der Waals surface area (Å²) in [5.74, 6) is 3.09. The Balaban J connectivity index is 1.65. The molecular weight excluding hydrogens is 278 g/mol. The first-order valence-corrected chi connectivity index (χ1v) is 7.02. The maximum Gasteiger partial charge on any atom is 0.289 e. The van der Waals surface area contributed by atoms with Gasteiger partial charge in [0, 0.05) is 13.0 Å². The molecule has 1 aliphatic carbocycles. The molecular formula is C15H16ClNO3. The molecule has 2 aromatic rings. The van der Waals surface area contributed by atoms with E-state index in [-0.39, 0.29) is 16.9 Å². The fraction of sp³-hybridized carbons (Fsp3) is 0.400. The van der Waals surface area contributed by atoms with Crippen LogP contribution in [0.25, 0.3) is 0 Å². The lowest BCUT2D eigenvalue weighted by Gasteiger charge is -2.13. The van der Waals surface area contributed by atoms with Crippen LogP contribution in [0.3, 0.4) is 0 Å². The van der Waals surface area contributed by atoms with E-state index in [1.165, 1.54) is 6.42 Å². The van der Waals surface area contributed by atoms with E-state index in [2.05, 4.69) is 6.92 Å². The highest BCUT2D eigenvalue weighted by Gasteiger charge is 2.36. The van der Waals surface area contributed by atoms with Gasteiger partial charge in [0.25, 0.3) is 5.91 Å². The van der Waals surface area contributed by atoms with Crippen molar-refractivity contribution in [3.63, 3.8) is 0 Å². The summed E-state index contributed by atoms with van der Waals surface area (Å²) < 4.78 is 10.9. The lowest BCUT2D eigenvalue weighted by atomic mass is 10.3. The van der Waals surface area contributed by atoms with Crippen LogP contribution in [0.15, 0.2) is 33.1 Å². The van der Waals surface area contributed by atoms with Crippen LogP contribution in [-0.2, 0) is 6.54 Å².